The first-order valence-electron chi connectivity index (χ1n) is 5.20. The van der Waals surface area contributed by atoms with E-state index >= 15 is 0 Å². The monoisotopic (exact) mass is 291 g/mol. The van der Waals surface area contributed by atoms with Gasteiger partial charge in [-0.2, -0.15) is 0 Å². The first-order valence-corrected chi connectivity index (χ1v) is 6.19. The van der Waals surface area contributed by atoms with Gasteiger partial charge in [0.25, 0.3) is 5.69 Å². The molecule has 0 saturated heterocycles. The quantitative estimate of drug-likeness (QED) is 0.361. The molecular weight excluding hydrogens is 280 g/mol. The number of nitro groups is 1. The molecule has 0 fully saturated rings. The van der Waals surface area contributed by atoms with Gasteiger partial charge in [0.05, 0.1) is 28.9 Å². The van der Waals surface area contributed by atoms with Crippen molar-refractivity contribution in [3.8, 4) is 0 Å². The maximum Gasteiger partial charge on any atom is 0.309 e. The molecule has 0 aromatic heterocycles. The van der Waals surface area contributed by atoms with Crippen molar-refractivity contribution in [3.63, 3.8) is 0 Å². The van der Waals surface area contributed by atoms with Crippen molar-refractivity contribution in [3.05, 3.63) is 33.9 Å². The zero-order chi connectivity index (χ0) is 14.6. The standard InChI is InChI=1S/C11H11F2NO4S/c1-6(11(15)18-2)5-19-10-4-8(13)7(12)3-9(10)14(16)17/h3-4,6H,5H2,1-2H3. The van der Waals surface area contributed by atoms with Gasteiger partial charge in [-0.1, -0.05) is 6.92 Å². The molecule has 5 nitrogen and oxygen atoms in total. The molecule has 1 unspecified atom stereocenters. The van der Waals surface area contributed by atoms with E-state index in [0.717, 1.165) is 17.8 Å². The highest BCUT2D eigenvalue weighted by Crippen LogP contribution is 2.32. The predicted octanol–water partition coefficient (Wildman–Crippen LogP) is 2.77. The molecule has 0 N–H and O–H groups in total. The summed E-state index contributed by atoms with van der Waals surface area (Å²) in [5, 5.41) is 10.7. The van der Waals surface area contributed by atoms with Crippen LogP contribution in [0.4, 0.5) is 14.5 Å². The van der Waals surface area contributed by atoms with Crippen molar-refractivity contribution in [2.24, 2.45) is 5.92 Å². The lowest BCUT2D eigenvalue weighted by atomic mass is 10.2. The van der Waals surface area contributed by atoms with Crippen LogP contribution in [0.25, 0.3) is 0 Å². The lowest BCUT2D eigenvalue weighted by Crippen LogP contribution is -2.14. The van der Waals surface area contributed by atoms with E-state index in [-0.39, 0.29) is 10.6 Å². The summed E-state index contributed by atoms with van der Waals surface area (Å²) < 4.78 is 30.5. The van der Waals surface area contributed by atoms with E-state index in [1.165, 1.54) is 7.11 Å². The topological polar surface area (TPSA) is 69.4 Å². The van der Waals surface area contributed by atoms with Crippen LogP contribution < -0.4 is 0 Å². The summed E-state index contributed by atoms with van der Waals surface area (Å²) in [7, 11) is 1.23. The fourth-order valence-electron chi connectivity index (χ4n) is 1.26. The second-order valence-corrected chi connectivity index (χ2v) is 4.79. The Labute approximate surface area is 112 Å². The Morgan fingerprint density at radius 2 is 2.05 bits per heavy atom. The lowest BCUT2D eigenvalue weighted by Gasteiger charge is -2.09. The summed E-state index contributed by atoms with van der Waals surface area (Å²) in [5.41, 5.74) is -0.527. The molecule has 1 aromatic rings. The van der Waals surface area contributed by atoms with E-state index in [1.54, 1.807) is 6.92 Å². The molecule has 1 rings (SSSR count). The number of hydrogen-bond donors (Lipinski definition) is 0. The van der Waals surface area contributed by atoms with Crippen LogP contribution in [-0.4, -0.2) is 23.8 Å². The van der Waals surface area contributed by atoms with Crippen LogP contribution in [0.3, 0.4) is 0 Å². The first-order chi connectivity index (χ1) is 8.86. The Morgan fingerprint density at radius 3 is 2.58 bits per heavy atom. The molecule has 104 valence electrons. The number of carbonyl (C=O) groups is 1. The maximum atomic E-state index is 13.1. The normalized spacial score (nSPS) is 12.0. The SMILES string of the molecule is COC(=O)C(C)CSc1cc(F)c(F)cc1[N+](=O)[O-]. The number of thioether (sulfide) groups is 1. The van der Waals surface area contributed by atoms with Gasteiger partial charge in [0.2, 0.25) is 0 Å². The molecule has 0 heterocycles. The Bertz CT molecular complexity index is 510. The summed E-state index contributed by atoms with van der Waals surface area (Å²) in [5.74, 6) is -3.27. The number of nitrogens with zero attached hydrogens (tertiary/aromatic N) is 1. The van der Waals surface area contributed by atoms with E-state index in [1.807, 2.05) is 0 Å². The van der Waals surface area contributed by atoms with Crippen molar-refractivity contribution >= 4 is 23.4 Å². The van der Waals surface area contributed by atoms with Gasteiger partial charge < -0.3 is 4.74 Å². The third kappa shape index (κ3) is 3.88. The summed E-state index contributed by atoms with van der Waals surface area (Å²) in [6.07, 6.45) is 0. The van der Waals surface area contributed by atoms with E-state index in [2.05, 4.69) is 4.74 Å². The Kier molecular flexibility index (Phi) is 5.22. The number of methoxy groups -OCH3 is 1. The van der Waals surface area contributed by atoms with Crippen LogP contribution in [0.1, 0.15) is 6.92 Å². The molecule has 0 aliphatic heterocycles. The zero-order valence-electron chi connectivity index (χ0n) is 10.2. The van der Waals surface area contributed by atoms with Gasteiger partial charge in [-0.15, -0.1) is 11.8 Å². The van der Waals surface area contributed by atoms with Crippen LogP contribution in [0, 0.1) is 27.7 Å². The average molecular weight is 291 g/mol. The van der Waals surface area contributed by atoms with Crippen LogP contribution in [0.15, 0.2) is 17.0 Å². The van der Waals surface area contributed by atoms with Gasteiger partial charge in [-0.05, 0) is 6.07 Å². The van der Waals surface area contributed by atoms with Crippen LogP contribution >= 0.6 is 11.8 Å². The zero-order valence-corrected chi connectivity index (χ0v) is 11.0. The fraction of sp³-hybridized carbons (Fsp3) is 0.364. The molecule has 0 radical (unpaired) electrons. The van der Waals surface area contributed by atoms with E-state index in [0.29, 0.717) is 6.07 Å². The molecule has 0 saturated carbocycles. The van der Waals surface area contributed by atoms with Gasteiger partial charge in [0, 0.05) is 5.75 Å². The molecule has 8 heteroatoms. The second-order valence-electron chi connectivity index (χ2n) is 3.73. The smallest absolute Gasteiger partial charge is 0.309 e. The highest BCUT2D eigenvalue weighted by molar-refractivity contribution is 7.99. The third-order valence-corrected chi connectivity index (χ3v) is 3.60. The minimum absolute atomic E-state index is 0.0281. The number of esters is 1. The lowest BCUT2D eigenvalue weighted by molar-refractivity contribution is -0.388. The minimum Gasteiger partial charge on any atom is -0.469 e. The number of carbonyl (C=O) groups excluding carboxylic acids is 1. The summed E-state index contributed by atoms with van der Waals surface area (Å²) >= 11 is 0.901. The second kappa shape index (κ2) is 6.46. The van der Waals surface area contributed by atoms with E-state index in [4.69, 9.17) is 0 Å². The Morgan fingerprint density at radius 1 is 1.47 bits per heavy atom. The van der Waals surface area contributed by atoms with E-state index < -0.39 is 34.1 Å². The van der Waals surface area contributed by atoms with Crippen LogP contribution in [0.5, 0.6) is 0 Å². The van der Waals surface area contributed by atoms with Crippen molar-refractivity contribution < 1.29 is 23.2 Å². The first kappa shape index (κ1) is 15.4. The molecule has 0 aliphatic carbocycles. The summed E-state index contributed by atoms with van der Waals surface area (Å²) in [4.78, 5) is 21.1. The summed E-state index contributed by atoms with van der Waals surface area (Å²) in [6, 6.07) is 1.28. The molecule has 1 atom stereocenters. The number of nitro benzene ring substituents is 1. The van der Waals surface area contributed by atoms with E-state index in [9.17, 15) is 23.7 Å². The van der Waals surface area contributed by atoms with Gasteiger partial charge in [0.1, 0.15) is 0 Å². The van der Waals surface area contributed by atoms with Crippen molar-refractivity contribution in [2.75, 3.05) is 12.9 Å². The van der Waals surface area contributed by atoms with Crippen LogP contribution in [-0.2, 0) is 9.53 Å². The van der Waals surface area contributed by atoms with Gasteiger partial charge in [-0.3, -0.25) is 14.9 Å². The Balaban J connectivity index is 2.91. The van der Waals surface area contributed by atoms with Gasteiger partial charge in [0.15, 0.2) is 11.6 Å². The number of ether oxygens (including phenoxy) is 1. The molecule has 0 amide bonds. The highest BCUT2D eigenvalue weighted by Gasteiger charge is 2.21. The molecule has 0 bridgehead atoms. The number of halogens is 2. The summed E-state index contributed by atoms with van der Waals surface area (Å²) in [6.45, 7) is 1.57. The van der Waals surface area contributed by atoms with Crippen molar-refractivity contribution in [1.29, 1.82) is 0 Å². The van der Waals surface area contributed by atoms with Crippen LogP contribution in [0.2, 0.25) is 0 Å². The molecular formula is C11H11F2NO4S. The Hall–Kier alpha value is -1.70. The average Bonchev–Trinajstić information content (AvgIpc) is 2.37. The maximum absolute atomic E-state index is 13.1. The third-order valence-electron chi connectivity index (χ3n) is 2.29. The predicted molar refractivity (Wildman–Crippen MR) is 64.9 cm³/mol. The van der Waals surface area contributed by atoms with Gasteiger partial charge >= 0.3 is 5.97 Å². The number of benzene rings is 1. The van der Waals surface area contributed by atoms with Gasteiger partial charge in [-0.25, -0.2) is 8.78 Å². The molecule has 1 aromatic carbocycles. The largest absolute Gasteiger partial charge is 0.469 e. The minimum atomic E-state index is -1.28. The number of rotatable bonds is 5. The molecule has 0 aliphatic rings. The molecule has 0 spiro atoms. The van der Waals surface area contributed by atoms with Crippen molar-refractivity contribution in [1.82, 2.24) is 0 Å². The number of hydrogen-bond acceptors (Lipinski definition) is 5. The van der Waals surface area contributed by atoms with Crippen molar-refractivity contribution in [2.45, 2.75) is 11.8 Å². The fourth-order valence-corrected chi connectivity index (χ4v) is 2.29. The molecule has 19 heavy (non-hydrogen) atoms. The highest BCUT2D eigenvalue weighted by atomic mass is 32.2.